The quantitative estimate of drug-likeness (QED) is 0.857. The molecule has 0 aliphatic carbocycles. The molecule has 5 nitrogen and oxygen atoms in total. The average molecular weight is 387 g/mol. The summed E-state index contributed by atoms with van der Waals surface area (Å²) in [6.45, 7) is 4.02. The third-order valence-electron chi connectivity index (χ3n) is 4.88. The Kier molecular flexibility index (Phi) is 6.36. The van der Waals surface area contributed by atoms with Gasteiger partial charge in [-0.25, -0.2) is 8.78 Å². The highest BCUT2D eigenvalue weighted by Gasteiger charge is 2.23. The standard InChI is InChI=1S/C21H23F2N3O2/c1-15-6-7-16(12-19(15)23)21(28)26-10-8-25(9-11-26)14-20(27)24-13-17-4-2-3-5-18(17)22/h2-7,12H,8-11,13-14H2,1H3,(H,24,27). The molecule has 148 valence electrons. The molecule has 1 heterocycles. The number of rotatable bonds is 5. The number of carbonyl (C=O) groups excluding carboxylic acids is 2. The maximum absolute atomic E-state index is 13.7. The van der Waals surface area contributed by atoms with Crippen LogP contribution in [-0.2, 0) is 11.3 Å². The van der Waals surface area contributed by atoms with Crippen LogP contribution in [0.5, 0.6) is 0 Å². The van der Waals surface area contributed by atoms with E-state index in [0.717, 1.165) is 0 Å². The van der Waals surface area contributed by atoms with Gasteiger partial charge in [-0.3, -0.25) is 14.5 Å². The second-order valence-corrected chi connectivity index (χ2v) is 6.90. The third kappa shape index (κ3) is 4.92. The van der Waals surface area contributed by atoms with Gasteiger partial charge >= 0.3 is 0 Å². The van der Waals surface area contributed by atoms with E-state index in [4.69, 9.17) is 0 Å². The van der Waals surface area contributed by atoms with Gasteiger partial charge < -0.3 is 10.2 Å². The predicted molar refractivity (Wildman–Crippen MR) is 102 cm³/mol. The summed E-state index contributed by atoms with van der Waals surface area (Å²) in [6, 6.07) is 10.8. The molecular weight excluding hydrogens is 364 g/mol. The number of halogens is 2. The van der Waals surface area contributed by atoms with Crippen LogP contribution in [0.25, 0.3) is 0 Å². The molecule has 1 saturated heterocycles. The van der Waals surface area contributed by atoms with Gasteiger partial charge in [0.2, 0.25) is 5.91 Å². The Morgan fingerprint density at radius 2 is 1.71 bits per heavy atom. The van der Waals surface area contributed by atoms with E-state index in [1.54, 1.807) is 42.2 Å². The lowest BCUT2D eigenvalue weighted by atomic mass is 10.1. The van der Waals surface area contributed by atoms with Crippen LogP contribution in [0.4, 0.5) is 8.78 Å². The highest BCUT2D eigenvalue weighted by atomic mass is 19.1. The van der Waals surface area contributed by atoms with Crippen molar-refractivity contribution in [2.75, 3.05) is 32.7 Å². The monoisotopic (exact) mass is 387 g/mol. The molecule has 1 fully saturated rings. The van der Waals surface area contributed by atoms with E-state index in [-0.39, 0.29) is 30.7 Å². The minimum Gasteiger partial charge on any atom is -0.351 e. The SMILES string of the molecule is Cc1ccc(C(=O)N2CCN(CC(=O)NCc3ccccc3F)CC2)cc1F. The Morgan fingerprint density at radius 3 is 2.39 bits per heavy atom. The number of amides is 2. The van der Waals surface area contributed by atoms with Gasteiger partial charge in [0, 0.05) is 43.9 Å². The summed E-state index contributed by atoms with van der Waals surface area (Å²) in [6.07, 6.45) is 0. The number of piperazine rings is 1. The van der Waals surface area contributed by atoms with E-state index in [0.29, 0.717) is 42.9 Å². The molecule has 1 aliphatic heterocycles. The van der Waals surface area contributed by atoms with Crippen molar-refractivity contribution in [3.05, 3.63) is 70.8 Å². The molecule has 2 aromatic rings. The number of benzene rings is 2. The molecule has 0 unspecified atom stereocenters. The third-order valence-corrected chi connectivity index (χ3v) is 4.88. The highest BCUT2D eigenvalue weighted by molar-refractivity contribution is 5.94. The van der Waals surface area contributed by atoms with Crippen molar-refractivity contribution in [1.29, 1.82) is 0 Å². The molecule has 0 atom stereocenters. The van der Waals surface area contributed by atoms with E-state index in [2.05, 4.69) is 5.32 Å². The maximum atomic E-state index is 13.7. The Hall–Kier alpha value is -2.80. The first-order chi connectivity index (χ1) is 13.4. The van der Waals surface area contributed by atoms with Crippen LogP contribution >= 0.6 is 0 Å². The topological polar surface area (TPSA) is 52.7 Å². The van der Waals surface area contributed by atoms with Gasteiger partial charge in [-0.1, -0.05) is 24.3 Å². The summed E-state index contributed by atoms with van der Waals surface area (Å²) in [5.74, 6) is -1.13. The first kappa shape index (κ1) is 19.9. The van der Waals surface area contributed by atoms with Crippen LogP contribution in [0.15, 0.2) is 42.5 Å². The smallest absolute Gasteiger partial charge is 0.254 e. The molecule has 0 radical (unpaired) electrons. The van der Waals surface area contributed by atoms with Crippen molar-refractivity contribution in [1.82, 2.24) is 15.1 Å². The summed E-state index contributed by atoms with van der Waals surface area (Å²) in [5, 5.41) is 2.72. The average Bonchev–Trinajstić information content (AvgIpc) is 2.69. The van der Waals surface area contributed by atoms with Crippen LogP contribution in [-0.4, -0.2) is 54.3 Å². The van der Waals surface area contributed by atoms with Crippen LogP contribution in [0.1, 0.15) is 21.5 Å². The molecule has 1 N–H and O–H groups in total. The molecule has 0 bridgehead atoms. The number of carbonyl (C=O) groups is 2. The lowest BCUT2D eigenvalue weighted by molar-refractivity contribution is -0.122. The van der Waals surface area contributed by atoms with Crippen molar-refractivity contribution >= 4 is 11.8 Å². The first-order valence-electron chi connectivity index (χ1n) is 9.22. The molecular formula is C21H23F2N3O2. The van der Waals surface area contributed by atoms with Crippen molar-refractivity contribution in [3.63, 3.8) is 0 Å². The second-order valence-electron chi connectivity index (χ2n) is 6.90. The zero-order chi connectivity index (χ0) is 20.1. The largest absolute Gasteiger partial charge is 0.351 e. The van der Waals surface area contributed by atoms with E-state index in [9.17, 15) is 18.4 Å². The first-order valence-corrected chi connectivity index (χ1v) is 9.22. The van der Waals surface area contributed by atoms with Crippen LogP contribution < -0.4 is 5.32 Å². The number of aryl methyl sites for hydroxylation is 1. The lowest BCUT2D eigenvalue weighted by Crippen LogP contribution is -2.51. The minimum absolute atomic E-state index is 0.142. The zero-order valence-corrected chi connectivity index (χ0v) is 15.8. The van der Waals surface area contributed by atoms with Gasteiger partial charge in [0.05, 0.1) is 6.54 Å². The van der Waals surface area contributed by atoms with Gasteiger partial charge in [0.15, 0.2) is 0 Å². The molecule has 1 aliphatic rings. The molecule has 0 spiro atoms. The Bertz CT molecular complexity index is 864. The molecule has 0 saturated carbocycles. The van der Waals surface area contributed by atoms with Crippen LogP contribution in [0, 0.1) is 18.6 Å². The Labute approximate surface area is 162 Å². The molecule has 2 aromatic carbocycles. The number of hydrogen-bond acceptors (Lipinski definition) is 3. The van der Waals surface area contributed by atoms with Gasteiger partial charge in [-0.05, 0) is 30.7 Å². The van der Waals surface area contributed by atoms with Gasteiger partial charge in [0.1, 0.15) is 11.6 Å². The molecule has 0 aromatic heterocycles. The summed E-state index contributed by atoms with van der Waals surface area (Å²) >= 11 is 0. The van der Waals surface area contributed by atoms with Crippen molar-refractivity contribution in [2.45, 2.75) is 13.5 Å². The van der Waals surface area contributed by atoms with Crippen molar-refractivity contribution in [2.24, 2.45) is 0 Å². The predicted octanol–water partition coefficient (Wildman–Crippen LogP) is 2.35. The zero-order valence-electron chi connectivity index (χ0n) is 15.8. The van der Waals surface area contributed by atoms with E-state index >= 15 is 0 Å². The number of hydrogen-bond donors (Lipinski definition) is 1. The lowest BCUT2D eigenvalue weighted by Gasteiger charge is -2.34. The summed E-state index contributed by atoms with van der Waals surface area (Å²) in [5.41, 5.74) is 1.28. The molecule has 2 amide bonds. The van der Waals surface area contributed by atoms with Crippen molar-refractivity contribution in [3.8, 4) is 0 Å². The second kappa shape index (κ2) is 8.93. The van der Waals surface area contributed by atoms with E-state index in [1.807, 2.05) is 4.90 Å². The summed E-state index contributed by atoms with van der Waals surface area (Å²) in [4.78, 5) is 28.2. The van der Waals surface area contributed by atoms with Gasteiger partial charge in [-0.15, -0.1) is 0 Å². The van der Waals surface area contributed by atoms with Crippen LogP contribution in [0.2, 0.25) is 0 Å². The highest BCUT2D eigenvalue weighted by Crippen LogP contribution is 2.13. The number of nitrogens with zero attached hydrogens (tertiary/aromatic N) is 2. The summed E-state index contributed by atoms with van der Waals surface area (Å²) in [7, 11) is 0. The number of nitrogens with one attached hydrogen (secondary N) is 1. The van der Waals surface area contributed by atoms with Crippen molar-refractivity contribution < 1.29 is 18.4 Å². The Balaban J connectivity index is 1.45. The van der Waals surface area contributed by atoms with E-state index in [1.165, 1.54) is 12.1 Å². The molecule has 3 rings (SSSR count). The maximum Gasteiger partial charge on any atom is 0.254 e. The fourth-order valence-electron chi connectivity index (χ4n) is 3.11. The molecule has 7 heteroatoms. The fraction of sp³-hybridized carbons (Fsp3) is 0.333. The molecule has 28 heavy (non-hydrogen) atoms. The summed E-state index contributed by atoms with van der Waals surface area (Å²) < 4.78 is 27.3. The van der Waals surface area contributed by atoms with Crippen LogP contribution in [0.3, 0.4) is 0 Å². The minimum atomic E-state index is -0.393. The Morgan fingerprint density at radius 1 is 1.00 bits per heavy atom. The van der Waals surface area contributed by atoms with E-state index < -0.39 is 5.82 Å². The normalized spacial score (nSPS) is 14.8. The van der Waals surface area contributed by atoms with Gasteiger partial charge in [-0.2, -0.15) is 0 Å². The fourth-order valence-corrected chi connectivity index (χ4v) is 3.11. The van der Waals surface area contributed by atoms with Gasteiger partial charge in [0.25, 0.3) is 5.91 Å².